The van der Waals surface area contributed by atoms with Gasteiger partial charge in [0.2, 0.25) is 5.91 Å². The van der Waals surface area contributed by atoms with Crippen molar-refractivity contribution < 1.29 is 17.8 Å². The van der Waals surface area contributed by atoms with Gasteiger partial charge in [-0.25, -0.2) is 17.8 Å². The number of carbonyl (C=O) groups is 1. The van der Waals surface area contributed by atoms with Gasteiger partial charge in [-0.2, -0.15) is 0 Å². The number of benzene rings is 2. The summed E-state index contributed by atoms with van der Waals surface area (Å²) in [6.45, 7) is -0.565. The summed E-state index contributed by atoms with van der Waals surface area (Å²) < 4.78 is 29.2. The van der Waals surface area contributed by atoms with Gasteiger partial charge in [-0.1, -0.05) is 23.2 Å². The molecule has 2 aromatic heterocycles. The zero-order valence-corrected chi connectivity index (χ0v) is 19.9. The quantitative estimate of drug-likeness (QED) is 0.406. The van der Waals surface area contributed by atoms with Crippen molar-refractivity contribution in [2.75, 3.05) is 5.32 Å². The summed E-state index contributed by atoms with van der Waals surface area (Å²) in [6, 6.07) is 12.4. The maximum atomic E-state index is 13.3. The molecule has 174 valence electrons. The second-order valence-corrected chi connectivity index (χ2v) is 10.0. The standard InChI is InChI=1S/C22H16Cl2N4O5S/c1-26-10-2-3-16(12-26)25-20(29)13-27-19-11-15(24)6-9-18(19)21(30)28(22(27)31)34(32,33)17-7-4-14(23)5-8-17/h2-12H,13H2,1H3/p+1. The Labute approximate surface area is 203 Å². The van der Waals surface area contributed by atoms with Crippen LogP contribution in [0.15, 0.2) is 81.5 Å². The summed E-state index contributed by atoms with van der Waals surface area (Å²) >= 11 is 11.9. The molecule has 4 aromatic rings. The Balaban J connectivity index is 1.90. The molecule has 0 radical (unpaired) electrons. The van der Waals surface area contributed by atoms with Gasteiger partial charge in [-0.05, 0) is 48.5 Å². The summed E-state index contributed by atoms with van der Waals surface area (Å²) in [5, 5.41) is 3.03. The van der Waals surface area contributed by atoms with Crippen LogP contribution in [0.5, 0.6) is 0 Å². The van der Waals surface area contributed by atoms with Gasteiger partial charge in [0.1, 0.15) is 19.3 Å². The van der Waals surface area contributed by atoms with Crippen LogP contribution in [0.25, 0.3) is 10.9 Å². The number of carbonyl (C=O) groups excluding carboxylic acids is 1. The first-order valence-corrected chi connectivity index (χ1v) is 12.0. The molecule has 0 unspecified atom stereocenters. The number of aromatic nitrogens is 3. The molecule has 0 aliphatic heterocycles. The molecule has 4 rings (SSSR count). The second kappa shape index (κ2) is 9.05. The maximum Gasteiger partial charge on any atom is 0.346 e. The highest BCUT2D eigenvalue weighted by atomic mass is 35.5. The van der Waals surface area contributed by atoms with Crippen LogP contribution in [-0.4, -0.2) is 22.9 Å². The average Bonchev–Trinajstić information content (AvgIpc) is 2.76. The van der Waals surface area contributed by atoms with E-state index in [0.717, 1.165) is 4.57 Å². The molecule has 0 fully saturated rings. The van der Waals surface area contributed by atoms with Crippen LogP contribution >= 0.6 is 23.2 Å². The van der Waals surface area contributed by atoms with Crippen molar-refractivity contribution in [2.24, 2.45) is 7.05 Å². The number of rotatable bonds is 5. The summed E-state index contributed by atoms with van der Waals surface area (Å²) in [6.07, 6.45) is 3.43. The Morgan fingerprint density at radius 3 is 2.38 bits per heavy atom. The number of hydrogen-bond acceptors (Lipinski definition) is 5. The van der Waals surface area contributed by atoms with Crippen LogP contribution in [0, 0.1) is 0 Å². The monoisotopic (exact) mass is 519 g/mol. The second-order valence-electron chi connectivity index (χ2n) is 7.36. The van der Waals surface area contributed by atoms with Crippen LogP contribution < -0.4 is 21.1 Å². The molecule has 0 bridgehead atoms. The smallest absolute Gasteiger partial charge is 0.320 e. The topological polar surface area (TPSA) is 111 Å². The molecule has 9 nitrogen and oxygen atoms in total. The fourth-order valence-electron chi connectivity index (χ4n) is 3.40. The van der Waals surface area contributed by atoms with Gasteiger partial charge in [-0.15, -0.1) is 3.97 Å². The molecule has 2 aromatic carbocycles. The molecular formula is C22H17Cl2N4O5S+. The van der Waals surface area contributed by atoms with E-state index in [2.05, 4.69) is 5.32 Å². The van der Waals surface area contributed by atoms with E-state index in [4.69, 9.17) is 23.2 Å². The summed E-state index contributed by atoms with van der Waals surface area (Å²) in [4.78, 5) is 38.9. The Kier molecular flexibility index (Phi) is 6.30. The first-order chi connectivity index (χ1) is 16.1. The number of pyridine rings is 1. The van der Waals surface area contributed by atoms with E-state index in [0.29, 0.717) is 5.69 Å². The molecule has 0 aliphatic rings. The van der Waals surface area contributed by atoms with E-state index in [-0.39, 0.29) is 29.8 Å². The van der Waals surface area contributed by atoms with Crippen LogP contribution in [0.3, 0.4) is 0 Å². The molecule has 0 saturated heterocycles. The number of anilines is 1. The van der Waals surface area contributed by atoms with Crippen molar-refractivity contribution in [2.45, 2.75) is 11.4 Å². The van der Waals surface area contributed by atoms with Gasteiger partial charge in [0.05, 0.1) is 15.8 Å². The highest BCUT2D eigenvalue weighted by molar-refractivity contribution is 7.90. The van der Waals surface area contributed by atoms with Gasteiger partial charge >= 0.3 is 5.69 Å². The normalized spacial score (nSPS) is 11.5. The predicted molar refractivity (Wildman–Crippen MR) is 128 cm³/mol. The Morgan fingerprint density at radius 2 is 1.71 bits per heavy atom. The van der Waals surface area contributed by atoms with Crippen molar-refractivity contribution in [3.63, 3.8) is 0 Å². The van der Waals surface area contributed by atoms with Crippen LogP contribution in [0.1, 0.15) is 0 Å². The zero-order valence-electron chi connectivity index (χ0n) is 17.6. The van der Waals surface area contributed by atoms with E-state index >= 15 is 0 Å². The van der Waals surface area contributed by atoms with Crippen molar-refractivity contribution in [1.29, 1.82) is 0 Å². The van der Waals surface area contributed by atoms with Gasteiger partial charge < -0.3 is 5.32 Å². The fourth-order valence-corrected chi connectivity index (χ4v) is 5.00. The third-order valence-corrected chi connectivity index (χ3v) is 7.10. The molecule has 12 heteroatoms. The number of hydrogen-bond donors (Lipinski definition) is 1. The van der Waals surface area contributed by atoms with E-state index in [1.807, 2.05) is 0 Å². The largest absolute Gasteiger partial charge is 0.346 e. The van der Waals surface area contributed by atoms with Gasteiger partial charge in [0, 0.05) is 16.1 Å². The highest BCUT2D eigenvalue weighted by Crippen LogP contribution is 2.19. The molecule has 0 spiro atoms. The lowest BCUT2D eigenvalue weighted by Gasteiger charge is -2.14. The Hall–Kier alpha value is -3.47. The lowest BCUT2D eigenvalue weighted by molar-refractivity contribution is -0.670. The minimum absolute atomic E-state index is 0.0267. The van der Waals surface area contributed by atoms with E-state index in [1.54, 1.807) is 36.1 Å². The lowest BCUT2D eigenvalue weighted by atomic mass is 10.2. The molecule has 34 heavy (non-hydrogen) atoms. The Morgan fingerprint density at radius 1 is 1.03 bits per heavy atom. The van der Waals surface area contributed by atoms with E-state index < -0.39 is 33.7 Å². The number of halogens is 2. The maximum absolute atomic E-state index is 13.3. The van der Waals surface area contributed by atoms with E-state index in [9.17, 15) is 22.8 Å². The van der Waals surface area contributed by atoms with Gasteiger partial charge in [-0.3, -0.25) is 14.2 Å². The average molecular weight is 520 g/mol. The van der Waals surface area contributed by atoms with Crippen molar-refractivity contribution in [1.82, 2.24) is 8.54 Å². The summed E-state index contributed by atoms with van der Waals surface area (Å²) in [5.41, 5.74) is -1.77. The molecule has 0 aliphatic carbocycles. The van der Waals surface area contributed by atoms with Crippen LogP contribution in [0.4, 0.5) is 5.69 Å². The van der Waals surface area contributed by atoms with Crippen LogP contribution in [-0.2, 0) is 28.4 Å². The first-order valence-electron chi connectivity index (χ1n) is 9.79. The number of amides is 1. The molecule has 2 heterocycles. The molecule has 0 saturated carbocycles. The van der Waals surface area contributed by atoms with Gasteiger partial charge in [0.25, 0.3) is 15.6 Å². The number of aryl methyl sites for hydroxylation is 1. The molecule has 1 N–H and O–H groups in total. The summed E-state index contributed by atoms with van der Waals surface area (Å²) in [7, 11) is -2.83. The fraction of sp³-hybridized carbons (Fsp3) is 0.0909. The first kappa shape index (κ1) is 23.7. The minimum atomic E-state index is -4.60. The number of nitrogens with one attached hydrogen (secondary N) is 1. The lowest BCUT2D eigenvalue weighted by Crippen LogP contribution is -2.45. The number of nitrogens with zero attached hydrogens (tertiary/aromatic N) is 3. The van der Waals surface area contributed by atoms with Crippen LogP contribution in [0.2, 0.25) is 10.0 Å². The highest BCUT2D eigenvalue weighted by Gasteiger charge is 2.26. The molecule has 0 atom stereocenters. The zero-order chi connectivity index (χ0) is 24.6. The van der Waals surface area contributed by atoms with E-state index in [1.165, 1.54) is 42.5 Å². The van der Waals surface area contributed by atoms with Gasteiger partial charge in [0.15, 0.2) is 12.4 Å². The molecular weight excluding hydrogens is 503 g/mol. The predicted octanol–water partition coefficient (Wildman–Crippen LogP) is 2.17. The van der Waals surface area contributed by atoms with Crippen molar-refractivity contribution in [3.8, 4) is 0 Å². The summed E-state index contributed by atoms with van der Waals surface area (Å²) in [5.74, 6) is -0.608. The third kappa shape index (κ3) is 4.47. The minimum Gasteiger partial charge on any atom is -0.320 e. The van der Waals surface area contributed by atoms with Crippen molar-refractivity contribution >= 4 is 55.7 Å². The number of fused-ring (bicyclic) bond motifs is 1. The third-order valence-electron chi connectivity index (χ3n) is 4.95. The van der Waals surface area contributed by atoms with Crippen molar-refractivity contribution in [3.05, 3.63) is 97.9 Å². The Bertz CT molecular complexity index is 1660. The SMILES string of the molecule is C[n+]1cccc(NC(=O)Cn2c(=O)n(S(=O)(=O)c3ccc(Cl)cc3)c(=O)c3ccc(Cl)cc32)c1. The molecule has 1 amide bonds.